The van der Waals surface area contributed by atoms with E-state index in [1.807, 2.05) is 6.92 Å². The lowest BCUT2D eigenvalue weighted by Crippen LogP contribution is -2.15. The van der Waals surface area contributed by atoms with E-state index in [0.717, 1.165) is 12.5 Å². The highest BCUT2D eigenvalue weighted by Crippen LogP contribution is 2.45. The number of esters is 1. The molecule has 0 radical (unpaired) electrons. The first kappa shape index (κ1) is 20.2. The van der Waals surface area contributed by atoms with E-state index >= 15 is 0 Å². The van der Waals surface area contributed by atoms with Crippen molar-refractivity contribution in [3.63, 3.8) is 0 Å². The molecular weight excluding hydrogens is 380 g/mol. The summed E-state index contributed by atoms with van der Waals surface area (Å²) in [6, 6.07) is 3.94. The minimum absolute atomic E-state index is 0.0230. The Morgan fingerprint density at radius 1 is 1.14 bits per heavy atom. The lowest BCUT2D eigenvalue weighted by Gasteiger charge is -2.13. The van der Waals surface area contributed by atoms with Gasteiger partial charge in [0.2, 0.25) is 0 Å². The van der Waals surface area contributed by atoms with E-state index in [9.17, 15) is 24.6 Å². The van der Waals surface area contributed by atoms with Crippen molar-refractivity contribution in [2.24, 2.45) is 0 Å². The summed E-state index contributed by atoms with van der Waals surface area (Å²) in [5.74, 6) is -2.87. The van der Waals surface area contributed by atoms with Crippen LogP contribution >= 0.6 is 0 Å². The van der Waals surface area contributed by atoms with Crippen LogP contribution in [0.5, 0.6) is 28.7 Å². The van der Waals surface area contributed by atoms with Gasteiger partial charge in [0, 0.05) is 29.7 Å². The molecule has 0 unspecified atom stereocenters. The SMILES string of the molecule is CCCCC(=O)c1cc(OC)cc2c1C(=O)Oc1c(cc(O)c(C(=O)O)c1C)O2. The zero-order valence-corrected chi connectivity index (χ0v) is 16.2. The van der Waals surface area contributed by atoms with Gasteiger partial charge in [0.05, 0.1) is 7.11 Å². The topological polar surface area (TPSA) is 119 Å². The van der Waals surface area contributed by atoms with Crippen LogP contribution in [0, 0.1) is 6.92 Å². The molecular formula is C21H20O8. The fraction of sp³-hybridized carbons (Fsp3) is 0.286. The summed E-state index contributed by atoms with van der Waals surface area (Å²) < 4.78 is 16.4. The fourth-order valence-electron chi connectivity index (χ4n) is 3.18. The van der Waals surface area contributed by atoms with Gasteiger partial charge < -0.3 is 24.4 Å². The van der Waals surface area contributed by atoms with Crippen molar-refractivity contribution in [3.05, 3.63) is 40.5 Å². The maximum Gasteiger partial charge on any atom is 0.348 e. The van der Waals surface area contributed by atoms with Gasteiger partial charge in [0.1, 0.15) is 28.4 Å². The fourth-order valence-corrected chi connectivity index (χ4v) is 3.18. The maximum absolute atomic E-state index is 12.9. The second-order valence-corrected chi connectivity index (χ2v) is 6.59. The van der Waals surface area contributed by atoms with Gasteiger partial charge in [-0.1, -0.05) is 13.3 Å². The molecule has 2 aromatic rings. The standard InChI is InChI=1S/C21H20O8/c1-4-5-6-13(22)12-7-11(27-3)8-15-18(12)21(26)29-19-10(2)17(20(24)25)14(23)9-16(19)28-15/h7-9,23H,4-6H2,1-3H3,(H,24,25). The molecule has 0 fully saturated rings. The van der Waals surface area contributed by atoms with Crippen LogP contribution in [0.4, 0.5) is 0 Å². The molecule has 8 heteroatoms. The molecule has 0 saturated heterocycles. The number of carboxylic acid groups (broad SMARTS) is 1. The quantitative estimate of drug-likeness (QED) is 0.422. The number of hydrogen-bond donors (Lipinski definition) is 2. The molecule has 0 amide bonds. The number of aromatic hydroxyl groups is 1. The average molecular weight is 400 g/mol. The summed E-state index contributed by atoms with van der Waals surface area (Å²) in [4.78, 5) is 37.0. The molecule has 1 aliphatic rings. The third-order valence-corrected chi connectivity index (χ3v) is 4.67. The summed E-state index contributed by atoms with van der Waals surface area (Å²) >= 11 is 0. The van der Waals surface area contributed by atoms with Gasteiger partial charge in [-0.25, -0.2) is 9.59 Å². The Balaban J connectivity index is 2.20. The molecule has 2 aromatic carbocycles. The number of rotatable bonds is 6. The number of unbranched alkanes of at least 4 members (excludes halogenated alkanes) is 1. The minimum atomic E-state index is -1.38. The molecule has 2 N–H and O–H groups in total. The number of Topliss-reactive ketones (excluding diaryl/α,β-unsaturated/α-hetero) is 1. The molecule has 0 bridgehead atoms. The van der Waals surface area contributed by atoms with Crippen molar-refractivity contribution in [3.8, 4) is 28.7 Å². The van der Waals surface area contributed by atoms with Crippen molar-refractivity contribution < 1.29 is 38.8 Å². The Labute approximate surface area is 166 Å². The monoisotopic (exact) mass is 400 g/mol. The van der Waals surface area contributed by atoms with Gasteiger partial charge in [-0.3, -0.25) is 4.79 Å². The van der Waals surface area contributed by atoms with E-state index < -0.39 is 23.3 Å². The lowest BCUT2D eigenvalue weighted by molar-refractivity contribution is 0.0683. The van der Waals surface area contributed by atoms with Crippen LogP contribution in [0.2, 0.25) is 0 Å². The number of phenols is 1. The number of carbonyl (C=O) groups is 3. The van der Waals surface area contributed by atoms with Gasteiger partial charge >= 0.3 is 11.9 Å². The van der Waals surface area contributed by atoms with Crippen LogP contribution in [-0.2, 0) is 0 Å². The summed E-state index contributed by atoms with van der Waals surface area (Å²) in [5, 5.41) is 19.4. The van der Waals surface area contributed by atoms with Gasteiger partial charge in [-0.05, 0) is 19.4 Å². The highest BCUT2D eigenvalue weighted by molar-refractivity contribution is 6.09. The summed E-state index contributed by atoms with van der Waals surface area (Å²) in [6.07, 6.45) is 1.69. The molecule has 0 saturated carbocycles. The normalized spacial score (nSPS) is 12.2. The molecule has 152 valence electrons. The lowest BCUT2D eigenvalue weighted by atomic mass is 9.98. The van der Waals surface area contributed by atoms with Crippen LogP contribution < -0.4 is 14.2 Å². The van der Waals surface area contributed by atoms with Crippen molar-refractivity contribution in [1.29, 1.82) is 0 Å². The highest BCUT2D eigenvalue weighted by Gasteiger charge is 2.32. The number of fused-ring (bicyclic) bond motifs is 2. The van der Waals surface area contributed by atoms with Crippen LogP contribution in [-0.4, -0.2) is 35.0 Å². The number of carboxylic acids is 1. The Kier molecular flexibility index (Phi) is 5.45. The first-order valence-corrected chi connectivity index (χ1v) is 9.03. The van der Waals surface area contributed by atoms with Gasteiger partial charge in [0.15, 0.2) is 17.3 Å². The van der Waals surface area contributed by atoms with Crippen molar-refractivity contribution in [1.82, 2.24) is 0 Å². The largest absolute Gasteiger partial charge is 0.507 e. The smallest absolute Gasteiger partial charge is 0.348 e. The molecule has 8 nitrogen and oxygen atoms in total. The van der Waals surface area contributed by atoms with Gasteiger partial charge in [-0.2, -0.15) is 0 Å². The van der Waals surface area contributed by atoms with Crippen LogP contribution in [0.3, 0.4) is 0 Å². The predicted octanol–water partition coefficient (Wildman–Crippen LogP) is 4.11. The third-order valence-electron chi connectivity index (χ3n) is 4.67. The van der Waals surface area contributed by atoms with E-state index in [4.69, 9.17) is 14.2 Å². The van der Waals surface area contributed by atoms with E-state index in [0.29, 0.717) is 12.2 Å². The minimum Gasteiger partial charge on any atom is -0.507 e. The second-order valence-electron chi connectivity index (χ2n) is 6.59. The van der Waals surface area contributed by atoms with Gasteiger partial charge in [0.25, 0.3) is 0 Å². The Morgan fingerprint density at radius 2 is 1.86 bits per heavy atom. The number of carbonyl (C=O) groups excluding carboxylic acids is 2. The number of ketones is 1. The Morgan fingerprint density at radius 3 is 2.48 bits per heavy atom. The van der Waals surface area contributed by atoms with Crippen molar-refractivity contribution in [2.45, 2.75) is 33.1 Å². The van der Waals surface area contributed by atoms with E-state index in [1.165, 1.54) is 26.2 Å². The predicted molar refractivity (Wildman–Crippen MR) is 102 cm³/mol. The van der Waals surface area contributed by atoms with Crippen LogP contribution in [0.1, 0.15) is 62.8 Å². The second kappa shape index (κ2) is 7.83. The number of methoxy groups -OCH3 is 1. The maximum atomic E-state index is 12.9. The van der Waals surface area contributed by atoms with Crippen molar-refractivity contribution in [2.75, 3.05) is 7.11 Å². The number of hydrogen-bond acceptors (Lipinski definition) is 7. The molecule has 1 heterocycles. The number of aromatic carboxylic acids is 1. The molecule has 0 atom stereocenters. The first-order valence-electron chi connectivity index (χ1n) is 9.03. The molecule has 0 spiro atoms. The van der Waals surface area contributed by atoms with E-state index in [-0.39, 0.29) is 46.1 Å². The molecule has 3 rings (SSSR count). The molecule has 1 aliphatic heterocycles. The van der Waals surface area contributed by atoms with E-state index in [1.54, 1.807) is 0 Å². The average Bonchev–Trinajstić information content (AvgIpc) is 2.81. The molecule has 29 heavy (non-hydrogen) atoms. The number of benzene rings is 2. The Bertz CT molecular complexity index is 1020. The third kappa shape index (κ3) is 3.61. The zero-order valence-electron chi connectivity index (χ0n) is 16.2. The van der Waals surface area contributed by atoms with Crippen LogP contribution in [0.15, 0.2) is 18.2 Å². The van der Waals surface area contributed by atoms with E-state index in [2.05, 4.69) is 0 Å². The zero-order chi connectivity index (χ0) is 21.3. The highest BCUT2D eigenvalue weighted by atomic mass is 16.6. The summed E-state index contributed by atoms with van der Waals surface area (Å²) in [5.41, 5.74) is -0.341. The summed E-state index contributed by atoms with van der Waals surface area (Å²) in [6.45, 7) is 3.34. The Hall–Kier alpha value is -3.55. The first-order chi connectivity index (χ1) is 13.8. The molecule has 0 aromatic heterocycles. The molecule has 0 aliphatic carbocycles. The van der Waals surface area contributed by atoms with Gasteiger partial charge in [-0.15, -0.1) is 0 Å². The van der Waals surface area contributed by atoms with Crippen molar-refractivity contribution >= 4 is 17.7 Å². The summed E-state index contributed by atoms with van der Waals surface area (Å²) in [7, 11) is 1.42. The number of ether oxygens (including phenoxy) is 3. The van der Waals surface area contributed by atoms with Crippen LogP contribution in [0.25, 0.3) is 0 Å².